The van der Waals surface area contributed by atoms with Crippen LogP contribution in [0.4, 0.5) is 4.79 Å². The highest BCUT2D eigenvalue weighted by Crippen LogP contribution is 2.19. The molecule has 1 fully saturated rings. The van der Waals surface area contributed by atoms with Gasteiger partial charge < -0.3 is 29.6 Å². The molecule has 0 bridgehead atoms. The largest absolute Gasteiger partial charge is 0.475 e. The lowest BCUT2D eigenvalue weighted by molar-refractivity contribution is -0.157. The number of hydrogen-bond acceptors (Lipinski definition) is 9. The van der Waals surface area contributed by atoms with Crippen LogP contribution in [0.2, 0.25) is 0 Å². The molecule has 1 aromatic heterocycles. The van der Waals surface area contributed by atoms with Gasteiger partial charge in [0.25, 0.3) is 5.91 Å². The number of piperazine rings is 1. The van der Waals surface area contributed by atoms with E-state index < -0.39 is 36.2 Å². The fourth-order valence-electron chi connectivity index (χ4n) is 5.67. The van der Waals surface area contributed by atoms with Crippen LogP contribution < -0.4 is 15.4 Å². The van der Waals surface area contributed by atoms with Gasteiger partial charge in [-0.2, -0.15) is 0 Å². The molecule has 11 heteroatoms. The number of hydrogen-bond donors (Lipinski definition) is 2. The SMILES string of the molecule is CCCCCCCCCCCCCCC(CCC)OC(=O)C1CNCCN1C(=O)OC(C(=O)NC)C(COc1ccccn1)OC. The van der Waals surface area contributed by atoms with E-state index in [0.29, 0.717) is 12.4 Å². The third-order valence-corrected chi connectivity index (χ3v) is 8.43. The van der Waals surface area contributed by atoms with Crippen LogP contribution in [0.15, 0.2) is 24.4 Å². The summed E-state index contributed by atoms with van der Waals surface area (Å²) in [5.74, 6) is -0.661. The van der Waals surface area contributed by atoms with E-state index in [4.69, 9.17) is 18.9 Å². The Labute approximate surface area is 276 Å². The van der Waals surface area contributed by atoms with E-state index >= 15 is 0 Å². The molecule has 2 amide bonds. The third-order valence-electron chi connectivity index (χ3n) is 8.43. The van der Waals surface area contributed by atoms with Gasteiger partial charge in [-0.3, -0.25) is 9.69 Å². The Balaban J connectivity index is 1.86. The van der Waals surface area contributed by atoms with Crippen molar-refractivity contribution in [2.75, 3.05) is 40.4 Å². The number of esters is 1. The third kappa shape index (κ3) is 15.1. The van der Waals surface area contributed by atoms with Crippen molar-refractivity contribution in [2.24, 2.45) is 0 Å². The first kappa shape index (κ1) is 39.3. The molecule has 2 heterocycles. The number of methoxy groups -OCH3 is 1. The molecule has 4 unspecified atom stereocenters. The highest BCUT2D eigenvalue weighted by Gasteiger charge is 2.39. The van der Waals surface area contributed by atoms with E-state index in [9.17, 15) is 14.4 Å². The zero-order valence-electron chi connectivity index (χ0n) is 28.8. The number of aromatic nitrogens is 1. The second-order valence-electron chi connectivity index (χ2n) is 12.1. The summed E-state index contributed by atoms with van der Waals surface area (Å²) in [6.45, 7) is 5.22. The number of amides is 2. The minimum atomic E-state index is -1.31. The maximum absolute atomic E-state index is 13.4. The van der Waals surface area contributed by atoms with Crippen LogP contribution in [0.25, 0.3) is 0 Å². The molecule has 1 saturated heterocycles. The quantitative estimate of drug-likeness (QED) is 0.106. The van der Waals surface area contributed by atoms with Gasteiger partial charge in [0.1, 0.15) is 24.9 Å². The van der Waals surface area contributed by atoms with Crippen LogP contribution in [-0.4, -0.2) is 92.6 Å². The molecular formula is C35H60N4O7. The molecule has 2 rings (SSSR count). The van der Waals surface area contributed by atoms with Crippen molar-refractivity contribution in [3.63, 3.8) is 0 Å². The van der Waals surface area contributed by atoms with Crippen molar-refractivity contribution in [1.29, 1.82) is 0 Å². The summed E-state index contributed by atoms with van der Waals surface area (Å²) in [5.41, 5.74) is 0. The average Bonchev–Trinajstić information content (AvgIpc) is 3.08. The molecule has 0 radical (unpaired) electrons. The molecule has 4 atom stereocenters. The van der Waals surface area contributed by atoms with Crippen molar-refractivity contribution in [1.82, 2.24) is 20.5 Å². The number of pyridine rings is 1. The molecule has 11 nitrogen and oxygen atoms in total. The Morgan fingerprint density at radius 1 is 0.935 bits per heavy atom. The Morgan fingerprint density at radius 2 is 1.61 bits per heavy atom. The Morgan fingerprint density at radius 3 is 2.20 bits per heavy atom. The molecule has 1 aliphatic heterocycles. The highest BCUT2D eigenvalue weighted by molar-refractivity contribution is 5.86. The maximum Gasteiger partial charge on any atom is 0.411 e. The van der Waals surface area contributed by atoms with E-state index in [1.54, 1.807) is 24.4 Å². The van der Waals surface area contributed by atoms with Gasteiger partial charge >= 0.3 is 12.1 Å². The van der Waals surface area contributed by atoms with Crippen LogP contribution in [0.1, 0.15) is 110 Å². The number of carbonyl (C=O) groups is 3. The van der Waals surface area contributed by atoms with E-state index in [1.165, 1.54) is 83.3 Å². The molecule has 262 valence electrons. The van der Waals surface area contributed by atoms with Gasteiger partial charge in [0.05, 0.1) is 0 Å². The standard InChI is InChI=1S/C35H60N4O7/c1-5-7-8-9-10-11-12-13-14-15-16-17-21-28(20-6-2)45-34(41)29-26-37-24-25-39(29)35(42)46-32(33(40)36-3)30(43-4)27-44-31-22-18-19-23-38-31/h18-19,22-23,28-30,32,37H,5-17,20-21,24-27H2,1-4H3,(H,36,40). The van der Waals surface area contributed by atoms with Crippen LogP contribution in [-0.2, 0) is 23.8 Å². The summed E-state index contributed by atoms with van der Waals surface area (Å²) in [6, 6.07) is 4.34. The van der Waals surface area contributed by atoms with Crippen molar-refractivity contribution in [3.8, 4) is 5.88 Å². The summed E-state index contributed by atoms with van der Waals surface area (Å²) in [7, 11) is 2.86. The second kappa shape index (κ2) is 24.3. The van der Waals surface area contributed by atoms with Gasteiger partial charge in [-0.1, -0.05) is 97.0 Å². The zero-order chi connectivity index (χ0) is 33.4. The molecule has 2 N–H and O–H groups in total. The minimum absolute atomic E-state index is 0.0796. The first-order valence-electron chi connectivity index (χ1n) is 17.6. The zero-order valence-corrected chi connectivity index (χ0v) is 28.8. The molecule has 1 aliphatic rings. The minimum Gasteiger partial charge on any atom is -0.475 e. The molecule has 0 spiro atoms. The van der Waals surface area contributed by atoms with Gasteiger partial charge in [0.15, 0.2) is 0 Å². The van der Waals surface area contributed by atoms with Gasteiger partial charge in [-0.15, -0.1) is 0 Å². The first-order valence-corrected chi connectivity index (χ1v) is 17.6. The summed E-state index contributed by atoms with van der Waals surface area (Å²) in [6.07, 6.45) is 16.2. The summed E-state index contributed by atoms with van der Waals surface area (Å²) < 4.78 is 22.8. The molecule has 46 heavy (non-hydrogen) atoms. The fraction of sp³-hybridized carbons (Fsp3) is 0.771. The van der Waals surface area contributed by atoms with E-state index in [2.05, 4.69) is 29.5 Å². The van der Waals surface area contributed by atoms with Crippen LogP contribution in [0.3, 0.4) is 0 Å². The lowest BCUT2D eigenvalue weighted by Crippen LogP contribution is -2.59. The molecule has 1 aromatic rings. The summed E-state index contributed by atoms with van der Waals surface area (Å²) >= 11 is 0. The number of carbonyl (C=O) groups excluding carboxylic acids is 3. The number of ether oxygens (including phenoxy) is 4. The van der Waals surface area contributed by atoms with Gasteiger partial charge in [-0.25, -0.2) is 14.6 Å². The van der Waals surface area contributed by atoms with Crippen molar-refractivity contribution < 1.29 is 33.3 Å². The number of nitrogens with one attached hydrogen (secondary N) is 2. The highest BCUT2D eigenvalue weighted by atomic mass is 16.6. The van der Waals surface area contributed by atoms with Gasteiger partial charge in [0.2, 0.25) is 12.0 Å². The lowest BCUT2D eigenvalue weighted by Gasteiger charge is -2.36. The Bertz CT molecular complexity index is 968. The fourth-order valence-corrected chi connectivity index (χ4v) is 5.67. The van der Waals surface area contributed by atoms with Crippen LogP contribution in [0, 0.1) is 0 Å². The number of unbranched alkanes of at least 4 members (excludes halogenated alkanes) is 11. The van der Waals surface area contributed by atoms with E-state index in [1.807, 2.05) is 0 Å². The number of rotatable bonds is 24. The Kier molecular flexibility index (Phi) is 20.7. The van der Waals surface area contributed by atoms with E-state index in [-0.39, 0.29) is 25.8 Å². The molecule has 0 aromatic carbocycles. The van der Waals surface area contributed by atoms with Crippen molar-refractivity contribution in [2.45, 2.75) is 135 Å². The van der Waals surface area contributed by atoms with E-state index in [0.717, 1.165) is 32.1 Å². The normalized spacial score (nSPS) is 16.7. The number of nitrogens with zero attached hydrogens (tertiary/aromatic N) is 2. The van der Waals surface area contributed by atoms with Gasteiger partial charge in [0, 0.05) is 46.1 Å². The van der Waals surface area contributed by atoms with Crippen LogP contribution in [0.5, 0.6) is 5.88 Å². The van der Waals surface area contributed by atoms with Gasteiger partial charge in [-0.05, 0) is 25.3 Å². The predicted octanol–water partition coefficient (Wildman–Crippen LogP) is 5.80. The lowest BCUT2D eigenvalue weighted by atomic mass is 10.0. The summed E-state index contributed by atoms with van der Waals surface area (Å²) in [4.78, 5) is 45.0. The molecular weight excluding hydrogens is 588 g/mol. The number of likely N-dealkylation sites (N-methyl/N-ethyl adjacent to an activating group) is 1. The Hall–Kier alpha value is -2.92. The van der Waals surface area contributed by atoms with Crippen LogP contribution >= 0.6 is 0 Å². The molecule has 0 aliphatic carbocycles. The molecule has 0 saturated carbocycles. The van der Waals surface area contributed by atoms with Crippen molar-refractivity contribution >= 4 is 18.0 Å². The second-order valence-corrected chi connectivity index (χ2v) is 12.1. The summed E-state index contributed by atoms with van der Waals surface area (Å²) in [5, 5.41) is 5.70. The van der Waals surface area contributed by atoms with Crippen molar-refractivity contribution in [3.05, 3.63) is 24.4 Å². The smallest absolute Gasteiger partial charge is 0.411 e. The maximum atomic E-state index is 13.4. The average molecular weight is 649 g/mol. The monoisotopic (exact) mass is 648 g/mol. The first-order chi connectivity index (χ1) is 22.4. The topological polar surface area (TPSA) is 128 Å². The predicted molar refractivity (Wildman–Crippen MR) is 179 cm³/mol.